The highest BCUT2D eigenvalue weighted by molar-refractivity contribution is 5.97. The Balaban J connectivity index is 1.28. The van der Waals surface area contributed by atoms with Gasteiger partial charge in [-0.25, -0.2) is 19.3 Å². The molecular formula is C45H55N3O7. The Morgan fingerprint density at radius 1 is 0.600 bits per heavy atom. The number of fused-ring (bicyclic) bond motifs is 1. The number of anilines is 1. The molecule has 1 heterocycles. The molecule has 5 rings (SSSR count). The summed E-state index contributed by atoms with van der Waals surface area (Å²) in [4.78, 5) is 58.2. The normalized spacial score (nSPS) is 13.9. The van der Waals surface area contributed by atoms with Crippen LogP contribution in [0.4, 0.5) is 20.1 Å². The molecule has 292 valence electrons. The molecule has 4 amide bonds. The third-order valence-corrected chi connectivity index (χ3v) is 8.95. The summed E-state index contributed by atoms with van der Waals surface area (Å²) in [5.74, 6) is 0.0747. The van der Waals surface area contributed by atoms with E-state index in [-0.39, 0.29) is 24.9 Å². The zero-order chi connectivity index (χ0) is 40.1. The lowest BCUT2D eigenvalue weighted by molar-refractivity contribution is -0.000317. The van der Waals surface area contributed by atoms with Gasteiger partial charge >= 0.3 is 18.3 Å². The second-order valence-corrected chi connectivity index (χ2v) is 17.2. The standard InChI is InChI=1S/C45H55N3O7/c1-43(2,3)53-40(50)47(29-32-20-21-33-15-10-11-16-35(33)27-32)38-19-13-18-37(28-38)39(49)46-24-22-34(23-25-46)36-17-12-14-31(26-36)30-48(41(51)54-44(4,5)6)42(52)55-45(7,8)9/h10-21,26-28,34H,22-25,29-30H2,1-9H3. The average Bonchev–Trinajstić information content (AvgIpc) is 3.10. The van der Waals surface area contributed by atoms with Gasteiger partial charge in [0.25, 0.3) is 5.91 Å². The van der Waals surface area contributed by atoms with Crippen LogP contribution in [0.3, 0.4) is 0 Å². The third-order valence-electron chi connectivity index (χ3n) is 8.95. The highest BCUT2D eigenvalue weighted by Gasteiger charge is 2.32. The Morgan fingerprint density at radius 3 is 1.78 bits per heavy atom. The average molecular weight is 750 g/mol. The maximum Gasteiger partial charge on any atom is 0.420 e. The molecule has 0 N–H and O–H groups in total. The van der Waals surface area contributed by atoms with Gasteiger partial charge in [-0.15, -0.1) is 0 Å². The molecule has 10 heteroatoms. The Morgan fingerprint density at radius 2 is 1.16 bits per heavy atom. The summed E-state index contributed by atoms with van der Waals surface area (Å²) in [6.07, 6.45) is -0.559. The number of likely N-dealkylation sites (tertiary alicyclic amines) is 1. The van der Waals surface area contributed by atoms with Crippen LogP contribution in [0.25, 0.3) is 10.8 Å². The minimum Gasteiger partial charge on any atom is -0.443 e. The minimum atomic E-state index is -0.790. The van der Waals surface area contributed by atoms with Gasteiger partial charge in [0.15, 0.2) is 0 Å². The number of carbonyl (C=O) groups is 4. The van der Waals surface area contributed by atoms with Crippen LogP contribution in [0.2, 0.25) is 0 Å². The number of rotatable bonds is 7. The van der Waals surface area contributed by atoms with E-state index in [0.29, 0.717) is 24.3 Å². The third kappa shape index (κ3) is 11.6. The lowest BCUT2D eigenvalue weighted by Crippen LogP contribution is -2.43. The first-order valence-electron chi connectivity index (χ1n) is 18.9. The van der Waals surface area contributed by atoms with E-state index in [9.17, 15) is 19.2 Å². The number of imide groups is 1. The Labute approximate surface area is 325 Å². The van der Waals surface area contributed by atoms with Crippen LogP contribution < -0.4 is 4.90 Å². The van der Waals surface area contributed by atoms with Gasteiger partial charge in [0, 0.05) is 24.3 Å². The molecule has 10 nitrogen and oxygen atoms in total. The van der Waals surface area contributed by atoms with Crippen LogP contribution in [-0.2, 0) is 27.3 Å². The Hall–Kier alpha value is -5.38. The molecule has 0 aromatic heterocycles. The molecule has 0 spiro atoms. The number of hydrogen-bond donors (Lipinski definition) is 0. The van der Waals surface area contributed by atoms with Gasteiger partial charge < -0.3 is 19.1 Å². The Kier molecular flexibility index (Phi) is 12.3. The fourth-order valence-corrected chi connectivity index (χ4v) is 6.47. The van der Waals surface area contributed by atoms with Gasteiger partial charge in [-0.2, -0.15) is 0 Å². The van der Waals surface area contributed by atoms with Crippen LogP contribution in [0.1, 0.15) is 108 Å². The van der Waals surface area contributed by atoms with Crippen LogP contribution in [0.5, 0.6) is 0 Å². The first kappa shape index (κ1) is 40.8. The van der Waals surface area contributed by atoms with Gasteiger partial charge in [-0.3, -0.25) is 9.69 Å². The molecule has 4 aromatic rings. The van der Waals surface area contributed by atoms with Crippen molar-refractivity contribution in [2.24, 2.45) is 0 Å². The van der Waals surface area contributed by atoms with Gasteiger partial charge in [-0.05, 0) is 133 Å². The number of amides is 4. The van der Waals surface area contributed by atoms with Crippen molar-refractivity contribution in [1.29, 1.82) is 0 Å². The molecule has 1 aliphatic rings. The fourth-order valence-electron chi connectivity index (χ4n) is 6.47. The topological polar surface area (TPSA) is 106 Å². The first-order valence-corrected chi connectivity index (χ1v) is 18.9. The maximum absolute atomic E-state index is 13.9. The highest BCUT2D eigenvalue weighted by atomic mass is 16.6. The molecular weight excluding hydrogens is 695 g/mol. The molecule has 1 saturated heterocycles. The van der Waals surface area contributed by atoms with Crippen LogP contribution in [0, 0.1) is 0 Å². The molecule has 1 aliphatic heterocycles. The number of nitrogens with zero attached hydrogens (tertiary/aromatic N) is 3. The first-order chi connectivity index (χ1) is 25.7. The van der Waals surface area contributed by atoms with Gasteiger partial charge in [0.05, 0.1) is 13.1 Å². The molecule has 0 radical (unpaired) electrons. The van der Waals surface area contributed by atoms with Crippen molar-refractivity contribution in [2.45, 2.75) is 111 Å². The minimum absolute atomic E-state index is 0.00743. The number of piperidine rings is 1. The molecule has 0 aliphatic carbocycles. The van der Waals surface area contributed by atoms with E-state index in [2.05, 4.69) is 12.1 Å². The maximum atomic E-state index is 13.9. The largest absolute Gasteiger partial charge is 0.443 e. The van der Waals surface area contributed by atoms with Crippen molar-refractivity contribution in [3.8, 4) is 0 Å². The number of hydrogen-bond acceptors (Lipinski definition) is 7. The summed E-state index contributed by atoms with van der Waals surface area (Å²) >= 11 is 0. The predicted molar refractivity (Wildman–Crippen MR) is 215 cm³/mol. The van der Waals surface area contributed by atoms with Crippen molar-refractivity contribution >= 4 is 40.6 Å². The van der Waals surface area contributed by atoms with Crippen LogP contribution >= 0.6 is 0 Å². The molecule has 4 aromatic carbocycles. The number of carbonyl (C=O) groups excluding carboxylic acids is 4. The molecule has 0 unspecified atom stereocenters. The van der Waals surface area contributed by atoms with Crippen molar-refractivity contribution in [3.05, 3.63) is 113 Å². The lowest BCUT2D eigenvalue weighted by Gasteiger charge is -2.33. The fraction of sp³-hybridized carbons (Fsp3) is 0.422. The van der Waals surface area contributed by atoms with Crippen molar-refractivity contribution in [1.82, 2.24) is 9.80 Å². The van der Waals surface area contributed by atoms with E-state index in [4.69, 9.17) is 14.2 Å². The quantitative estimate of drug-likeness (QED) is 0.173. The summed E-state index contributed by atoms with van der Waals surface area (Å²) in [7, 11) is 0. The molecule has 55 heavy (non-hydrogen) atoms. The number of benzene rings is 4. The molecule has 0 bridgehead atoms. The van der Waals surface area contributed by atoms with Crippen molar-refractivity contribution < 1.29 is 33.4 Å². The van der Waals surface area contributed by atoms with E-state index >= 15 is 0 Å². The highest BCUT2D eigenvalue weighted by Crippen LogP contribution is 2.31. The van der Waals surface area contributed by atoms with E-state index in [1.807, 2.05) is 86.3 Å². The summed E-state index contributed by atoms with van der Waals surface area (Å²) in [5.41, 5.74) is 1.56. The van der Waals surface area contributed by atoms with Crippen LogP contribution in [-0.4, -0.2) is 63.9 Å². The van der Waals surface area contributed by atoms with E-state index in [0.717, 1.165) is 45.2 Å². The summed E-state index contributed by atoms with van der Waals surface area (Å²) in [6.45, 7) is 17.4. The molecule has 0 saturated carbocycles. The zero-order valence-corrected chi connectivity index (χ0v) is 33.7. The smallest absolute Gasteiger partial charge is 0.420 e. The summed E-state index contributed by atoms with van der Waals surface area (Å²) in [6, 6.07) is 29.2. The summed E-state index contributed by atoms with van der Waals surface area (Å²) in [5, 5.41) is 2.19. The second-order valence-electron chi connectivity index (χ2n) is 17.2. The van der Waals surface area contributed by atoms with Gasteiger partial charge in [0.2, 0.25) is 0 Å². The second kappa shape index (κ2) is 16.6. The zero-order valence-electron chi connectivity index (χ0n) is 33.7. The predicted octanol–water partition coefficient (Wildman–Crippen LogP) is 10.5. The van der Waals surface area contributed by atoms with E-state index < -0.39 is 35.1 Å². The van der Waals surface area contributed by atoms with E-state index in [1.54, 1.807) is 64.6 Å². The van der Waals surface area contributed by atoms with E-state index in [1.165, 1.54) is 0 Å². The summed E-state index contributed by atoms with van der Waals surface area (Å²) < 4.78 is 16.9. The number of ether oxygens (including phenoxy) is 3. The SMILES string of the molecule is CC(C)(C)OC(=O)N(Cc1cccc(C2CCN(C(=O)c3cccc(N(Cc4ccc5ccccc5c4)C(=O)OC(C)(C)C)c3)CC2)c1)C(=O)OC(C)(C)C. The van der Waals surface area contributed by atoms with Gasteiger partial charge in [0.1, 0.15) is 16.8 Å². The molecule has 1 fully saturated rings. The van der Waals surface area contributed by atoms with Crippen molar-refractivity contribution in [2.75, 3.05) is 18.0 Å². The molecule has 0 atom stereocenters. The van der Waals surface area contributed by atoms with Crippen molar-refractivity contribution in [3.63, 3.8) is 0 Å². The lowest BCUT2D eigenvalue weighted by atomic mass is 9.88. The monoisotopic (exact) mass is 749 g/mol. The van der Waals surface area contributed by atoms with Crippen LogP contribution in [0.15, 0.2) is 91.0 Å². The van der Waals surface area contributed by atoms with Gasteiger partial charge in [-0.1, -0.05) is 66.7 Å². The Bertz CT molecular complexity index is 1990.